The normalized spacial score (nSPS) is 11.3. The van der Waals surface area contributed by atoms with Crippen LogP contribution in [-0.2, 0) is 13.0 Å². The van der Waals surface area contributed by atoms with Crippen molar-refractivity contribution >= 4 is 22.5 Å². The molecule has 0 unspecified atom stereocenters. The monoisotopic (exact) mass is 413 g/mol. The third kappa shape index (κ3) is 3.66. The Morgan fingerprint density at radius 1 is 0.968 bits per heavy atom. The minimum absolute atomic E-state index is 0.207. The number of fused-ring (bicyclic) bond motifs is 2. The van der Waals surface area contributed by atoms with Gasteiger partial charge >= 0.3 is 0 Å². The van der Waals surface area contributed by atoms with E-state index in [4.69, 9.17) is 0 Å². The van der Waals surface area contributed by atoms with Gasteiger partial charge in [-0.2, -0.15) is 0 Å². The fourth-order valence-corrected chi connectivity index (χ4v) is 3.81. The highest BCUT2D eigenvalue weighted by Gasteiger charge is 2.17. The third-order valence-electron chi connectivity index (χ3n) is 5.35. The number of amides is 1. The van der Waals surface area contributed by atoms with Gasteiger partial charge in [-0.05, 0) is 30.3 Å². The molecule has 0 atom stereocenters. The van der Waals surface area contributed by atoms with Crippen LogP contribution in [0.1, 0.15) is 21.9 Å². The molecule has 0 aliphatic heterocycles. The van der Waals surface area contributed by atoms with Crippen molar-refractivity contribution in [3.63, 3.8) is 0 Å². The summed E-state index contributed by atoms with van der Waals surface area (Å²) in [5, 5.41) is 12.2. The molecule has 0 spiro atoms. The van der Waals surface area contributed by atoms with Crippen LogP contribution in [0.3, 0.4) is 0 Å². The fraction of sp³-hybridized carbons (Fsp3) is 0.125. The van der Waals surface area contributed by atoms with Gasteiger partial charge in [0.15, 0.2) is 5.65 Å². The molecule has 5 aromatic rings. The van der Waals surface area contributed by atoms with Crippen LogP contribution in [0.5, 0.6) is 0 Å². The van der Waals surface area contributed by atoms with E-state index < -0.39 is 0 Å². The number of hydrogen-bond acceptors (Lipinski definition) is 3. The minimum Gasteiger partial charge on any atom is -0.350 e. The van der Waals surface area contributed by atoms with E-state index in [0.717, 1.165) is 22.4 Å². The Hall–Kier alpha value is -4.00. The first-order valence-corrected chi connectivity index (χ1v) is 10.1. The van der Waals surface area contributed by atoms with Gasteiger partial charge in [-0.15, -0.1) is 10.2 Å². The lowest BCUT2D eigenvalue weighted by atomic mass is 10.2. The second kappa shape index (κ2) is 8.02. The van der Waals surface area contributed by atoms with E-state index in [1.807, 2.05) is 63.7 Å². The molecule has 0 saturated carbocycles. The van der Waals surface area contributed by atoms with Crippen LogP contribution < -0.4 is 5.32 Å². The molecule has 31 heavy (non-hydrogen) atoms. The SMILES string of the molecule is O=C(NCCc1nnc2ccccn12)c1cc2ccccc2n1Cc1ccccc1F. The van der Waals surface area contributed by atoms with Gasteiger partial charge in [-0.3, -0.25) is 9.20 Å². The largest absolute Gasteiger partial charge is 0.350 e. The topological polar surface area (TPSA) is 64.2 Å². The van der Waals surface area contributed by atoms with Crippen LogP contribution >= 0.6 is 0 Å². The maximum absolute atomic E-state index is 14.3. The predicted octanol–water partition coefficient (Wildman–Crippen LogP) is 3.84. The van der Waals surface area contributed by atoms with Gasteiger partial charge < -0.3 is 9.88 Å². The molecule has 1 N–H and O–H groups in total. The highest BCUT2D eigenvalue weighted by molar-refractivity contribution is 5.98. The van der Waals surface area contributed by atoms with Crippen LogP contribution in [0, 0.1) is 5.82 Å². The number of nitrogens with one attached hydrogen (secondary N) is 1. The molecule has 6 nitrogen and oxygen atoms in total. The van der Waals surface area contributed by atoms with Gasteiger partial charge in [-0.1, -0.05) is 42.5 Å². The molecule has 3 aromatic heterocycles. The van der Waals surface area contributed by atoms with Crippen molar-refractivity contribution in [1.29, 1.82) is 0 Å². The lowest BCUT2D eigenvalue weighted by molar-refractivity contribution is 0.0945. The number of hydrogen-bond donors (Lipinski definition) is 1. The Morgan fingerprint density at radius 3 is 2.68 bits per heavy atom. The molecule has 1 amide bonds. The number of para-hydroxylation sites is 1. The molecule has 0 bridgehead atoms. The summed E-state index contributed by atoms with van der Waals surface area (Å²) in [4.78, 5) is 13.0. The van der Waals surface area contributed by atoms with Crippen molar-refractivity contribution in [3.8, 4) is 0 Å². The van der Waals surface area contributed by atoms with Gasteiger partial charge in [0, 0.05) is 35.6 Å². The molecule has 5 rings (SSSR count). The van der Waals surface area contributed by atoms with Gasteiger partial charge in [0.2, 0.25) is 0 Å². The minimum atomic E-state index is -0.287. The molecule has 3 heterocycles. The molecule has 0 fully saturated rings. The number of aromatic nitrogens is 4. The Labute approximate surface area is 178 Å². The summed E-state index contributed by atoms with van der Waals surface area (Å²) in [7, 11) is 0. The van der Waals surface area contributed by atoms with Gasteiger partial charge in [0.25, 0.3) is 5.91 Å². The van der Waals surface area contributed by atoms with Crippen molar-refractivity contribution in [2.24, 2.45) is 0 Å². The van der Waals surface area contributed by atoms with Gasteiger partial charge in [0.1, 0.15) is 17.3 Å². The Morgan fingerprint density at radius 2 is 1.77 bits per heavy atom. The Kier molecular flexibility index (Phi) is 4.92. The molecule has 0 saturated heterocycles. The lowest BCUT2D eigenvalue weighted by Gasteiger charge is -2.12. The first kappa shape index (κ1) is 19.0. The number of benzene rings is 2. The summed E-state index contributed by atoms with van der Waals surface area (Å²) in [6, 6.07) is 21.9. The summed E-state index contributed by atoms with van der Waals surface area (Å²) < 4.78 is 18.0. The van der Waals surface area contributed by atoms with E-state index in [0.29, 0.717) is 24.2 Å². The van der Waals surface area contributed by atoms with E-state index in [2.05, 4.69) is 15.5 Å². The van der Waals surface area contributed by atoms with E-state index in [-0.39, 0.29) is 18.3 Å². The summed E-state index contributed by atoms with van der Waals surface area (Å²) in [5.41, 5.74) is 2.69. The highest BCUT2D eigenvalue weighted by atomic mass is 19.1. The molecule has 0 aliphatic carbocycles. The average Bonchev–Trinajstić information content (AvgIpc) is 3.37. The average molecular weight is 413 g/mol. The summed E-state index contributed by atoms with van der Waals surface area (Å²) in [5.74, 6) is 0.287. The standard InChI is InChI=1S/C24H20FN5O/c25-19-9-3-1-8-18(19)16-30-20-10-4-2-7-17(20)15-21(30)24(31)26-13-12-23-28-27-22-11-5-6-14-29(22)23/h1-11,14-15H,12-13,16H2,(H,26,31). The maximum Gasteiger partial charge on any atom is 0.267 e. The van der Waals surface area contributed by atoms with Crippen LogP contribution in [0.2, 0.25) is 0 Å². The van der Waals surface area contributed by atoms with Crippen molar-refractivity contribution < 1.29 is 9.18 Å². The molecule has 0 radical (unpaired) electrons. The molecule has 0 aliphatic rings. The van der Waals surface area contributed by atoms with Crippen LogP contribution in [0.15, 0.2) is 79.0 Å². The van der Waals surface area contributed by atoms with E-state index in [9.17, 15) is 9.18 Å². The van der Waals surface area contributed by atoms with Crippen LogP contribution in [-0.4, -0.2) is 31.6 Å². The molecule has 154 valence electrons. The predicted molar refractivity (Wildman–Crippen MR) is 116 cm³/mol. The van der Waals surface area contributed by atoms with E-state index >= 15 is 0 Å². The molecule has 2 aromatic carbocycles. The number of carbonyl (C=O) groups excluding carboxylic acids is 1. The van der Waals surface area contributed by atoms with Crippen LogP contribution in [0.25, 0.3) is 16.6 Å². The first-order chi connectivity index (χ1) is 15.2. The molecular formula is C24H20FN5O. The quantitative estimate of drug-likeness (QED) is 0.460. The Bertz CT molecular complexity index is 1390. The number of carbonyl (C=O) groups is 1. The number of halogens is 1. The van der Waals surface area contributed by atoms with Crippen molar-refractivity contribution in [2.75, 3.05) is 6.54 Å². The van der Waals surface area contributed by atoms with Crippen molar-refractivity contribution in [1.82, 2.24) is 24.5 Å². The fourth-order valence-electron chi connectivity index (χ4n) is 3.81. The van der Waals surface area contributed by atoms with Crippen LogP contribution in [0.4, 0.5) is 4.39 Å². The smallest absolute Gasteiger partial charge is 0.267 e. The highest BCUT2D eigenvalue weighted by Crippen LogP contribution is 2.22. The summed E-state index contributed by atoms with van der Waals surface area (Å²) >= 11 is 0. The maximum atomic E-state index is 14.3. The second-order valence-corrected chi connectivity index (χ2v) is 7.32. The zero-order valence-corrected chi connectivity index (χ0v) is 16.7. The van der Waals surface area contributed by atoms with Crippen molar-refractivity contribution in [2.45, 2.75) is 13.0 Å². The van der Waals surface area contributed by atoms with Crippen molar-refractivity contribution in [3.05, 3.63) is 102 Å². The lowest BCUT2D eigenvalue weighted by Crippen LogP contribution is -2.28. The zero-order chi connectivity index (χ0) is 21.2. The van der Waals surface area contributed by atoms with Gasteiger partial charge in [-0.25, -0.2) is 4.39 Å². The number of rotatable bonds is 6. The second-order valence-electron chi connectivity index (χ2n) is 7.32. The summed E-state index contributed by atoms with van der Waals surface area (Å²) in [6.07, 6.45) is 2.45. The molecular weight excluding hydrogens is 393 g/mol. The Balaban J connectivity index is 1.38. The van der Waals surface area contributed by atoms with E-state index in [1.165, 1.54) is 6.07 Å². The zero-order valence-electron chi connectivity index (χ0n) is 16.7. The number of pyridine rings is 1. The van der Waals surface area contributed by atoms with Gasteiger partial charge in [0.05, 0.1) is 6.54 Å². The third-order valence-corrected chi connectivity index (χ3v) is 5.35. The summed E-state index contributed by atoms with van der Waals surface area (Å²) in [6.45, 7) is 0.688. The molecule has 7 heteroatoms. The first-order valence-electron chi connectivity index (χ1n) is 10.1. The number of nitrogens with zero attached hydrogens (tertiary/aromatic N) is 4. The van der Waals surface area contributed by atoms with E-state index in [1.54, 1.807) is 18.2 Å².